The van der Waals surface area contributed by atoms with Gasteiger partial charge in [0.05, 0.1) is 6.54 Å². The van der Waals surface area contributed by atoms with Crippen LogP contribution in [0.1, 0.15) is 35.7 Å². The Labute approximate surface area is 131 Å². The second-order valence-corrected chi connectivity index (χ2v) is 7.71. The Morgan fingerprint density at radius 2 is 2.10 bits per heavy atom. The third kappa shape index (κ3) is 3.47. The zero-order valence-corrected chi connectivity index (χ0v) is 13.8. The Morgan fingerprint density at radius 1 is 1.33 bits per heavy atom. The first-order chi connectivity index (χ1) is 10.1. The van der Waals surface area contributed by atoms with Crippen LogP contribution in [-0.4, -0.2) is 48.4 Å². The van der Waals surface area contributed by atoms with E-state index in [4.69, 9.17) is 0 Å². The molecule has 1 N–H and O–H groups in total. The molecular weight excluding hydrogens is 282 g/mol. The molecule has 0 spiro atoms. The first-order valence-electron chi connectivity index (χ1n) is 7.95. The van der Waals surface area contributed by atoms with Crippen molar-refractivity contribution in [1.29, 1.82) is 0 Å². The van der Waals surface area contributed by atoms with E-state index in [1.54, 1.807) is 11.3 Å². The highest BCUT2D eigenvalue weighted by molar-refractivity contribution is 7.12. The fourth-order valence-corrected chi connectivity index (χ4v) is 4.37. The maximum Gasteiger partial charge on any atom is 0.238 e. The summed E-state index contributed by atoms with van der Waals surface area (Å²) >= 11 is 1.78. The van der Waals surface area contributed by atoms with Crippen molar-refractivity contribution in [3.63, 3.8) is 0 Å². The van der Waals surface area contributed by atoms with Crippen LogP contribution >= 0.6 is 11.3 Å². The molecule has 2 fully saturated rings. The molecule has 0 bridgehead atoms. The van der Waals surface area contributed by atoms with E-state index in [0.717, 1.165) is 13.1 Å². The number of hydrogen-bond donors (Lipinski definition) is 1. The number of aryl methyl sites for hydroxylation is 1. The molecule has 3 heterocycles. The number of thiophene rings is 1. The summed E-state index contributed by atoms with van der Waals surface area (Å²) in [5.41, 5.74) is 0. The normalized spacial score (nSPS) is 25.0. The predicted octanol–water partition coefficient (Wildman–Crippen LogP) is 2.22. The predicted molar refractivity (Wildman–Crippen MR) is 86.4 cm³/mol. The SMILES string of the molecule is Cc1ccc(C2NCC(=O)N2CC(C)CN2CCCC2)s1. The van der Waals surface area contributed by atoms with Crippen LogP contribution in [0.2, 0.25) is 0 Å². The van der Waals surface area contributed by atoms with Crippen LogP contribution < -0.4 is 5.32 Å². The van der Waals surface area contributed by atoms with Gasteiger partial charge >= 0.3 is 0 Å². The lowest BCUT2D eigenvalue weighted by atomic mass is 10.1. The van der Waals surface area contributed by atoms with Crippen LogP contribution in [0.15, 0.2) is 12.1 Å². The smallest absolute Gasteiger partial charge is 0.238 e. The number of carbonyl (C=O) groups is 1. The Hall–Kier alpha value is -0.910. The summed E-state index contributed by atoms with van der Waals surface area (Å²) in [4.78, 5) is 19.3. The fourth-order valence-electron chi connectivity index (χ4n) is 3.40. The molecular formula is C16H25N3OS. The summed E-state index contributed by atoms with van der Waals surface area (Å²) in [6, 6.07) is 4.28. The highest BCUT2D eigenvalue weighted by atomic mass is 32.1. The molecule has 0 radical (unpaired) electrons. The molecule has 1 aromatic heterocycles. The van der Waals surface area contributed by atoms with Gasteiger partial charge in [0.1, 0.15) is 6.17 Å². The van der Waals surface area contributed by atoms with Crippen molar-refractivity contribution in [3.8, 4) is 0 Å². The van der Waals surface area contributed by atoms with Gasteiger partial charge in [-0.2, -0.15) is 0 Å². The number of carbonyl (C=O) groups excluding carboxylic acids is 1. The van der Waals surface area contributed by atoms with E-state index in [0.29, 0.717) is 12.5 Å². The van der Waals surface area contributed by atoms with Gasteiger partial charge in [-0.15, -0.1) is 11.3 Å². The second-order valence-electron chi connectivity index (χ2n) is 6.39. The van der Waals surface area contributed by atoms with Crippen molar-refractivity contribution in [2.75, 3.05) is 32.7 Å². The molecule has 2 saturated heterocycles. The summed E-state index contributed by atoms with van der Waals surface area (Å²) in [5, 5.41) is 3.36. The minimum absolute atomic E-state index is 0.0808. The minimum atomic E-state index is 0.0808. The topological polar surface area (TPSA) is 35.6 Å². The average Bonchev–Trinajstić information content (AvgIpc) is 3.14. The average molecular weight is 307 g/mol. The van der Waals surface area contributed by atoms with Crippen LogP contribution in [-0.2, 0) is 4.79 Å². The first-order valence-corrected chi connectivity index (χ1v) is 8.76. The molecule has 1 amide bonds. The van der Waals surface area contributed by atoms with E-state index in [1.807, 2.05) is 4.90 Å². The van der Waals surface area contributed by atoms with Gasteiger partial charge < -0.3 is 9.80 Å². The Morgan fingerprint density at radius 3 is 2.76 bits per heavy atom. The van der Waals surface area contributed by atoms with E-state index >= 15 is 0 Å². The highest BCUT2D eigenvalue weighted by Crippen LogP contribution is 2.29. The zero-order valence-electron chi connectivity index (χ0n) is 13.0. The number of amides is 1. The monoisotopic (exact) mass is 307 g/mol. The molecule has 0 aliphatic carbocycles. The molecule has 116 valence electrons. The molecule has 2 unspecified atom stereocenters. The molecule has 5 heteroatoms. The molecule has 0 saturated carbocycles. The Kier molecular flexibility index (Phi) is 4.62. The molecule has 1 aromatic rings. The standard InChI is InChI=1S/C16H25N3OS/c1-12(10-18-7-3-4-8-18)11-19-15(20)9-17-16(19)14-6-5-13(2)21-14/h5-6,12,16-17H,3-4,7-11H2,1-2H3. The number of nitrogens with one attached hydrogen (secondary N) is 1. The fraction of sp³-hybridized carbons (Fsp3) is 0.688. The van der Waals surface area contributed by atoms with E-state index in [2.05, 4.69) is 36.2 Å². The number of nitrogens with zero attached hydrogens (tertiary/aromatic N) is 2. The van der Waals surface area contributed by atoms with E-state index in [9.17, 15) is 4.79 Å². The van der Waals surface area contributed by atoms with Crippen molar-refractivity contribution in [1.82, 2.24) is 15.1 Å². The van der Waals surface area contributed by atoms with Gasteiger partial charge in [0.15, 0.2) is 0 Å². The Bertz CT molecular complexity index is 495. The van der Waals surface area contributed by atoms with Crippen LogP contribution in [0.4, 0.5) is 0 Å². The second kappa shape index (κ2) is 6.46. The van der Waals surface area contributed by atoms with Gasteiger partial charge in [0, 0.05) is 22.8 Å². The summed E-state index contributed by atoms with van der Waals surface area (Å²) in [6.45, 7) is 9.27. The third-order valence-corrected chi connectivity index (χ3v) is 5.44. The third-order valence-electron chi connectivity index (χ3n) is 4.39. The largest absolute Gasteiger partial charge is 0.321 e. The van der Waals surface area contributed by atoms with Crippen LogP contribution in [0.25, 0.3) is 0 Å². The summed E-state index contributed by atoms with van der Waals surface area (Å²) in [5.74, 6) is 0.759. The van der Waals surface area contributed by atoms with Gasteiger partial charge in [-0.25, -0.2) is 0 Å². The van der Waals surface area contributed by atoms with E-state index in [-0.39, 0.29) is 12.1 Å². The Balaban J connectivity index is 1.62. The van der Waals surface area contributed by atoms with Gasteiger partial charge in [-0.3, -0.25) is 10.1 Å². The minimum Gasteiger partial charge on any atom is -0.321 e. The number of hydrogen-bond acceptors (Lipinski definition) is 4. The van der Waals surface area contributed by atoms with Crippen molar-refractivity contribution in [3.05, 3.63) is 21.9 Å². The quantitative estimate of drug-likeness (QED) is 0.906. The molecule has 21 heavy (non-hydrogen) atoms. The van der Waals surface area contributed by atoms with Crippen LogP contribution in [0.5, 0.6) is 0 Å². The maximum absolute atomic E-state index is 12.2. The lowest BCUT2D eigenvalue weighted by Crippen LogP contribution is -2.37. The van der Waals surface area contributed by atoms with Crippen molar-refractivity contribution in [2.24, 2.45) is 5.92 Å². The molecule has 3 rings (SSSR count). The van der Waals surface area contributed by atoms with Gasteiger partial charge in [-0.05, 0) is 50.9 Å². The molecule has 2 aliphatic rings. The van der Waals surface area contributed by atoms with Crippen molar-refractivity contribution in [2.45, 2.75) is 32.9 Å². The van der Waals surface area contributed by atoms with Gasteiger partial charge in [0.2, 0.25) is 5.91 Å². The summed E-state index contributed by atoms with van der Waals surface area (Å²) < 4.78 is 0. The summed E-state index contributed by atoms with van der Waals surface area (Å²) in [6.07, 6.45) is 2.74. The lowest BCUT2D eigenvalue weighted by molar-refractivity contribution is -0.128. The number of rotatable bonds is 5. The highest BCUT2D eigenvalue weighted by Gasteiger charge is 2.33. The van der Waals surface area contributed by atoms with Crippen molar-refractivity contribution >= 4 is 17.2 Å². The summed E-state index contributed by atoms with van der Waals surface area (Å²) in [7, 11) is 0. The molecule has 2 aliphatic heterocycles. The molecule has 4 nitrogen and oxygen atoms in total. The van der Waals surface area contributed by atoms with Crippen molar-refractivity contribution < 1.29 is 4.79 Å². The first kappa shape index (κ1) is 15.0. The zero-order chi connectivity index (χ0) is 14.8. The maximum atomic E-state index is 12.2. The molecule has 0 aromatic carbocycles. The van der Waals surface area contributed by atoms with Crippen LogP contribution in [0, 0.1) is 12.8 Å². The lowest BCUT2D eigenvalue weighted by Gasteiger charge is -2.28. The number of likely N-dealkylation sites (tertiary alicyclic amines) is 1. The molecule has 2 atom stereocenters. The van der Waals surface area contributed by atoms with Gasteiger partial charge in [-0.1, -0.05) is 6.92 Å². The van der Waals surface area contributed by atoms with Crippen LogP contribution in [0.3, 0.4) is 0 Å². The van der Waals surface area contributed by atoms with Gasteiger partial charge in [0.25, 0.3) is 0 Å². The van der Waals surface area contributed by atoms with E-state index < -0.39 is 0 Å². The van der Waals surface area contributed by atoms with E-state index in [1.165, 1.54) is 35.7 Å².